The molecule has 2 aromatic rings. The molecule has 0 radical (unpaired) electrons. The maximum absolute atomic E-state index is 12.2. The van der Waals surface area contributed by atoms with Crippen LogP contribution in [0.3, 0.4) is 0 Å². The molecule has 0 amide bonds. The van der Waals surface area contributed by atoms with Gasteiger partial charge in [-0.05, 0) is 0 Å². The van der Waals surface area contributed by atoms with Gasteiger partial charge >= 0.3 is 7.60 Å². The first-order chi connectivity index (χ1) is 9.31. The molecule has 0 saturated heterocycles. The Kier molecular flexibility index (Phi) is 3.76. The minimum atomic E-state index is -4.21. The highest BCUT2D eigenvalue weighted by atomic mass is 31.2. The molecular formula is C10H14N5O4P. The summed E-state index contributed by atoms with van der Waals surface area (Å²) in [6.45, 7) is 3.50. The number of nitrogens with zero attached hydrogens (tertiary/aromatic N) is 3. The molecule has 108 valence electrons. The SMILES string of the molecule is C=CC(Cn1c(N)nc2nc[nH]c2c1=O)CP(=O)(O)O. The topological polar surface area (TPSA) is 147 Å². The first-order valence-electron chi connectivity index (χ1n) is 5.68. The van der Waals surface area contributed by atoms with E-state index in [1.165, 1.54) is 12.4 Å². The molecule has 2 heterocycles. The average Bonchev–Trinajstić information content (AvgIpc) is 2.79. The fourth-order valence-corrected chi connectivity index (χ4v) is 2.74. The molecule has 9 nitrogen and oxygen atoms in total. The number of hydrogen-bond acceptors (Lipinski definition) is 5. The van der Waals surface area contributed by atoms with Crippen LogP contribution in [0.4, 0.5) is 5.95 Å². The first kappa shape index (κ1) is 14.4. The number of anilines is 1. The Morgan fingerprint density at radius 2 is 2.30 bits per heavy atom. The first-order valence-corrected chi connectivity index (χ1v) is 7.48. The third kappa shape index (κ3) is 2.96. The predicted octanol–water partition coefficient (Wildman–Crippen LogP) is -0.318. The molecule has 5 N–H and O–H groups in total. The van der Waals surface area contributed by atoms with Gasteiger partial charge in [0.15, 0.2) is 11.2 Å². The molecule has 0 spiro atoms. The van der Waals surface area contributed by atoms with Crippen LogP contribution in [0.15, 0.2) is 23.8 Å². The van der Waals surface area contributed by atoms with Crippen molar-refractivity contribution < 1.29 is 14.4 Å². The summed E-state index contributed by atoms with van der Waals surface area (Å²) < 4.78 is 12.2. The summed E-state index contributed by atoms with van der Waals surface area (Å²) in [6, 6.07) is 0. The van der Waals surface area contributed by atoms with Gasteiger partial charge in [-0.25, -0.2) is 4.98 Å². The van der Waals surface area contributed by atoms with E-state index in [0.717, 1.165) is 4.57 Å². The van der Waals surface area contributed by atoms with E-state index in [0.29, 0.717) is 0 Å². The molecule has 2 rings (SSSR count). The second kappa shape index (κ2) is 5.20. The van der Waals surface area contributed by atoms with E-state index in [2.05, 4.69) is 21.5 Å². The van der Waals surface area contributed by atoms with Crippen molar-refractivity contribution in [3.05, 3.63) is 29.3 Å². The van der Waals surface area contributed by atoms with Crippen LogP contribution in [0.25, 0.3) is 11.2 Å². The molecule has 2 aromatic heterocycles. The minimum Gasteiger partial charge on any atom is -0.369 e. The lowest BCUT2D eigenvalue weighted by Crippen LogP contribution is -2.28. The lowest BCUT2D eigenvalue weighted by atomic mass is 10.2. The number of aromatic nitrogens is 4. The maximum atomic E-state index is 12.2. The van der Waals surface area contributed by atoms with Gasteiger partial charge in [0, 0.05) is 12.5 Å². The molecule has 0 aliphatic carbocycles. The van der Waals surface area contributed by atoms with Crippen LogP contribution in [0.1, 0.15) is 0 Å². The van der Waals surface area contributed by atoms with E-state index in [1.54, 1.807) is 0 Å². The standard InChI is InChI=1S/C10H14N5O4P/c1-2-6(4-20(17,18)19)3-15-9(16)7-8(13-5-12-7)14-10(15)11/h2,5-6H,1,3-4H2,(H2,11,14)(H,12,13)(H2,17,18,19). The number of hydrogen-bond donors (Lipinski definition) is 4. The summed E-state index contributed by atoms with van der Waals surface area (Å²) in [5.41, 5.74) is 5.64. The number of H-pyrrole nitrogens is 1. The third-order valence-corrected chi connectivity index (χ3v) is 3.74. The van der Waals surface area contributed by atoms with Crippen molar-refractivity contribution >= 4 is 24.7 Å². The number of imidazole rings is 1. The van der Waals surface area contributed by atoms with Crippen LogP contribution in [-0.4, -0.2) is 35.5 Å². The number of rotatable bonds is 5. The van der Waals surface area contributed by atoms with Crippen LogP contribution in [0, 0.1) is 5.92 Å². The van der Waals surface area contributed by atoms with E-state index in [9.17, 15) is 9.36 Å². The summed E-state index contributed by atoms with van der Waals surface area (Å²) in [5, 5.41) is 0. The summed E-state index contributed by atoms with van der Waals surface area (Å²) in [6.07, 6.45) is 2.29. The van der Waals surface area contributed by atoms with Crippen molar-refractivity contribution in [1.29, 1.82) is 0 Å². The van der Waals surface area contributed by atoms with Gasteiger partial charge in [-0.3, -0.25) is 13.9 Å². The molecule has 1 atom stereocenters. The Morgan fingerprint density at radius 3 is 2.90 bits per heavy atom. The van der Waals surface area contributed by atoms with Crippen molar-refractivity contribution in [2.45, 2.75) is 6.54 Å². The number of nitrogens with two attached hydrogens (primary N) is 1. The molecule has 20 heavy (non-hydrogen) atoms. The van der Waals surface area contributed by atoms with Crippen molar-refractivity contribution in [1.82, 2.24) is 19.5 Å². The normalized spacial score (nSPS) is 13.5. The second-order valence-electron chi connectivity index (χ2n) is 4.33. The highest BCUT2D eigenvalue weighted by molar-refractivity contribution is 7.51. The number of fused-ring (bicyclic) bond motifs is 1. The summed E-state index contributed by atoms with van der Waals surface area (Å²) in [5.74, 6) is -0.662. The zero-order chi connectivity index (χ0) is 14.9. The van der Waals surface area contributed by atoms with Gasteiger partial charge < -0.3 is 20.5 Å². The quantitative estimate of drug-likeness (QED) is 0.437. The zero-order valence-electron chi connectivity index (χ0n) is 10.4. The number of aromatic amines is 1. The lowest BCUT2D eigenvalue weighted by molar-refractivity contribution is 0.362. The van der Waals surface area contributed by atoms with Crippen molar-refractivity contribution in [2.24, 2.45) is 5.92 Å². The van der Waals surface area contributed by atoms with Crippen molar-refractivity contribution in [3.63, 3.8) is 0 Å². The molecule has 0 fully saturated rings. The van der Waals surface area contributed by atoms with Gasteiger partial charge in [-0.15, -0.1) is 6.58 Å². The Balaban J connectivity index is 2.39. The summed E-state index contributed by atoms with van der Waals surface area (Å²) >= 11 is 0. The van der Waals surface area contributed by atoms with Crippen LogP contribution in [0.5, 0.6) is 0 Å². The predicted molar refractivity (Wildman–Crippen MR) is 73.2 cm³/mol. The Morgan fingerprint density at radius 1 is 1.60 bits per heavy atom. The van der Waals surface area contributed by atoms with Gasteiger partial charge in [0.25, 0.3) is 5.56 Å². The molecule has 10 heteroatoms. The smallest absolute Gasteiger partial charge is 0.326 e. The summed E-state index contributed by atoms with van der Waals surface area (Å²) in [4.78, 5) is 40.6. The van der Waals surface area contributed by atoms with E-state index in [4.69, 9.17) is 15.5 Å². The van der Waals surface area contributed by atoms with Crippen LogP contribution < -0.4 is 11.3 Å². The van der Waals surface area contributed by atoms with E-state index >= 15 is 0 Å². The highest BCUT2D eigenvalue weighted by Crippen LogP contribution is 2.37. The number of nitrogens with one attached hydrogen (secondary N) is 1. The van der Waals surface area contributed by atoms with Gasteiger partial charge in [-0.1, -0.05) is 6.08 Å². The van der Waals surface area contributed by atoms with E-state index in [1.807, 2.05) is 0 Å². The molecular weight excluding hydrogens is 285 g/mol. The zero-order valence-corrected chi connectivity index (χ0v) is 11.3. The molecule has 0 bridgehead atoms. The highest BCUT2D eigenvalue weighted by Gasteiger charge is 2.21. The fraction of sp³-hybridized carbons (Fsp3) is 0.300. The second-order valence-corrected chi connectivity index (χ2v) is 6.02. The summed E-state index contributed by atoms with van der Waals surface area (Å²) in [7, 11) is -4.21. The lowest BCUT2D eigenvalue weighted by Gasteiger charge is -2.16. The molecule has 1 unspecified atom stereocenters. The van der Waals surface area contributed by atoms with Gasteiger partial charge in [-0.2, -0.15) is 4.98 Å². The average molecular weight is 299 g/mol. The molecule has 0 aliphatic heterocycles. The minimum absolute atomic E-state index is 0.0127. The van der Waals surface area contributed by atoms with Gasteiger partial charge in [0.2, 0.25) is 5.95 Å². The molecule has 0 aromatic carbocycles. The molecule has 0 aliphatic rings. The maximum Gasteiger partial charge on any atom is 0.326 e. The van der Waals surface area contributed by atoms with Crippen molar-refractivity contribution in [2.75, 3.05) is 11.9 Å². The van der Waals surface area contributed by atoms with Gasteiger partial charge in [0.05, 0.1) is 12.5 Å². The Bertz CT molecular complexity index is 746. The van der Waals surface area contributed by atoms with E-state index < -0.39 is 25.2 Å². The van der Waals surface area contributed by atoms with Crippen LogP contribution in [0.2, 0.25) is 0 Å². The molecule has 0 saturated carbocycles. The third-order valence-electron chi connectivity index (χ3n) is 2.80. The van der Waals surface area contributed by atoms with Gasteiger partial charge in [0.1, 0.15) is 0 Å². The largest absolute Gasteiger partial charge is 0.369 e. The monoisotopic (exact) mass is 299 g/mol. The van der Waals surface area contributed by atoms with Crippen molar-refractivity contribution in [3.8, 4) is 0 Å². The van der Waals surface area contributed by atoms with Crippen LogP contribution in [-0.2, 0) is 11.1 Å². The Hall–Kier alpha value is -1.96. The van der Waals surface area contributed by atoms with E-state index in [-0.39, 0.29) is 23.7 Å². The van der Waals surface area contributed by atoms with Crippen LogP contribution >= 0.6 is 7.60 Å². The Labute approximate surface area is 113 Å². The number of allylic oxidation sites excluding steroid dienone is 1. The number of nitrogen functional groups attached to an aromatic ring is 1. The fourth-order valence-electron chi connectivity index (χ4n) is 1.86.